The van der Waals surface area contributed by atoms with Gasteiger partial charge in [0.25, 0.3) is 11.8 Å². The van der Waals surface area contributed by atoms with E-state index in [1.165, 1.54) is 30.4 Å². The Balaban J connectivity index is 1.22. The highest BCUT2D eigenvalue weighted by Gasteiger charge is 2.52. The Kier molecular flexibility index (Phi) is 16.0. The van der Waals surface area contributed by atoms with Gasteiger partial charge in [0.1, 0.15) is 29.9 Å². The molecular weight excluding hydrogens is 867 g/mol. The Bertz CT molecular complexity index is 2470. The molecule has 0 bridgehead atoms. The van der Waals surface area contributed by atoms with Crippen molar-refractivity contribution in [3.63, 3.8) is 0 Å². The second kappa shape index (κ2) is 21.6. The number of fused-ring (bicyclic) bond motifs is 2. The van der Waals surface area contributed by atoms with E-state index in [2.05, 4.69) is 31.2 Å². The molecule has 0 radical (unpaired) electrons. The number of benzene rings is 3. The zero-order valence-corrected chi connectivity index (χ0v) is 38.5. The van der Waals surface area contributed by atoms with Crippen molar-refractivity contribution in [2.45, 2.75) is 116 Å². The van der Waals surface area contributed by atoms with Crippen molar-refractivity contribution in [1.82, 2.24) is 41.0 Å². The SMILES string of the molecule is CCC[C@H](NC(=O)[C@@H]1C[C@@H](OC(=O)N2CCc3ccccc3C2)CN1C(=O)[C@@H](NC(=O)[C@@H](NC(=O)c1cnccn1)C(C)C)C(C)C)C(=O)C(F)(F)C(=O)N[C@@H](C)c1cccc2ccccc12. The molecule has 0 saturated carbocycles. The van der Waals surface area contributed by atoms with Crippen LogP contribution >= 0.6 is 0 Å². The number of alkyl halides is 2. The summed E-state index contributed by atoms with van der Waals surface area (Å²) in [7, 11) is 0. The van der Waals surface area contributed by atoms with Crippen molar-refractivity contribution >= 4 is 52.2 Å². The predicted octanol–water partition coefficient (Wildman–Crippen LogP) is 5.06. The lowest BCUT2D eigenvalue weighted by atomic mass is 9.97. The second-order valence-corrected chi connectivity index (χ2v) is 17.8. The molecule has 0 spiro atoms. The standard InChI is InChI=1S/C49H58F2N8O8/c1-7-13-37(42(60)49(50,51)47(65)54-30(6)35-19-12-17-32-15-10-11-18-36(32)35)55-44(62)39-24-34(67-48(66)58-23-20-31-14-8-9-16-33(31)26-58)27-59(39)46(64)41(29(4)5)57-45(63)40(28(2)3)56-43(61)38-25-52-21-22-53-38/h8-12,14-19,21-22,25,28-30,34,37,39-41H,7,13,20,23-24,26-27H2,1-6H3,(H,54,65)(H,55,62)(H,56,61)(H,57,63)/t30-,34+,37-,39-,40-,41-/m0/s1. The summed E-state index contributed by atoms with van der Waals surface area (Å²) in [6, 6.07) is 13.5. The third-order valence-corrected chi connectivity index (χ3v) is 12.2. The maximum Gasteiger partial charge on any atom is 0.410 e. The lowest BCUT2D eigenvalue weighted by molar-refractivity contribution is -0.161. The number of nitrogens with zero attached hydrogens (tertiary/aromatic N) is 4. The monoisotopic (exact) mass is 924 g/mol. The lowest BCUT2D eigenvalue weighted by Gasteiger charge is -2.32. The van der Waals surface area contributed by atoms with Crippen molar-refractivity contribution in [2.75, 3.05) is 13.1 Å². The van der Waals surface area contributed by atoms with Crippen LogP contribution in [0.5, 0.6) is 0 Å². The number of aromatic nitrogens is 2. The minimum absolute atomic E-state index is 0.0357. The summed E-state index contributed by atoms with van der Waals surface area (Å²) in [5.74, 6) is -12.5. The Hall–Kier alpha value is -6.85. The zero-order valence-electron chi connectivity index (χ0n) is 38.5. The molecule has 4 aromatic rings. The van der Waals surface area contributed by atoms with Crippen molar-refractivity contribution in [3.05, 3.63) is 108 Å². The van der Waals surface area contributed by atoms with Crippen LogP contribution in [0, 0.1) is 11.8 Å². The highest BCUT2D eigenvalue weighted by molar-refractivity contribution is 6.11. The van der Waals surface area contributed by atoms with Gasteiger partial charge in [0, 0.05) is 31.9 Å². The topological polar surface area (TPSA) is 209 Å². The first-order chi connectivity index (χ1) is 31.9. The second-order valence-electron chi connectivity index (χ2n) is 17.8. The number of Topliss-reactive ketones (excluding diaryl/α,β-unsaturated/α-hetero) is 1. The van der Waals surface area contributed by atoms with Gasteiger partial charge in [-0.25, -0.2) is 9.78 Å². The van der Waals surface area contributed by atoms with Gasteiger partial charge in [-0.1, -0.05) is 108 Å². The molecule has 6 rings (SSSR count). The highest BCUT2D eigenvalue weighted by Crippen LogP contribution is 2.29. The van der Waals surface area contributed by atoms with E-state index in [-0.39, 0.29) is 38.0 Å². The van der Waals surface area contributed by atoms with Crippen LogP contribution in [0.25, 0.3) is 10.8 Å². The lowest BCUT2D eigenvalue weighted by Crippen LogP contribution is -2.60. The Morgan fingerprint density at radius 2 is 1.51 bits per heavy atom. The number of ether oxygens (including phenoxy) is 1. The van der Waals surface area contributed by atoms with Crippen LogP contribution in [0.1, 0.15) is 94.0 Å². The van der Waals surface area contributed by atoms with Gasteiger partial charge in [-0.2, -0.15) is 8.78 Å². The number of amides is 6. The van der Waals surface area contributed by atoms with Crippen molar-refractivity contribution in [1.29, 1.82) is 0 Å². The van der Waals surface area contributed by atoms with E-state index >= 15 is 8.78 Å². The van der Waals surface area contributed by atoms with E-state index in [9.17, 15) is 33.6 Å². The molecule has 67 heavy (non-hydrogen) atoms. The fraction of sp³-hybridized carbons (Fsp3) is 0.449. The molecule has 4 N–H and O–H groups in total. The van der Waals surface area contributed by atoms with Crippen LogP contribution in [0.4, 0.5) is 13.6 Å². The molecule has 3 heterocycles. The van der Waals surface area contributed by atoms with Gasteiger partial charge in [-0.3, -0.25) is 33.8 Å². The summed E-state index contributed by atoms with van der Waals surface area (Å²) in [6.07, 6.45) is 2.37. The predicted molar refractivity (Wildman–Crippen MR) is 243 cm³/mol. The van der Waals surface area contributed by atoms with Gasteiger partial charge < -0.3 is 35.8 Å². The molecule has 1 aromatic heterocycles. The maximum absolute atomic E-state index is 16.0. The van der Waals surface area contributed by atoms with Crippen molar-refractivity contribution in [2.24, 2.45) is 11.8 Å². The van der Waals surface area contributed by atoms with Gasteiger partial charge in [0.05, 0.1) is 24.8 Å². The first-order valence-electron chi connectivity index (χ1n) is 22.6. The number of nitrogens with one attached hydrogen (secondary N) is 4. The number of hydrogen-bond donors (Lipinski definition) is 4. The summed E-state index contributed by atoms with van der Waals surface area (Å²) < 4.78 is 37.9. The summed E-state index contributed by atoms with van der Waals surface area (Å²) >= 11 is 0. The van der Waals surface area contributed by atoms with E-state index in [4.69, 9.17) is 4.74 Å². The van der Waals surface area contributed by atoms with E-state index in [1.807, 2.05) is 42.5 Å². The molecule has 6 amide bonds. The van der Waals surface area contributed by atoms with Crippen LogP contribution in [0.15, 0.2) is 85.3 Å². The third-order valence-electron chi connectivity index (χ3n) is 12.2. The number of hydrogen-bond acceptors (Lipinski definition) is 10. The van der Waals surface area contributed by atoms with E-state index in [0.717, 1.165) is 26.8 Å². The molecule has 3 aromatic carbocycles. The summed E-state index contributed by atoms with van der Waals surface area (Å²) in [5, 5.41) is 11.6. The number of ketones is 1. The molecule has 18 heteroatoms. The van der Waals surface area contributed by atoms with E-state index in [1.54, 1.807) is 58.9 Å². The Morgan fingerprint density at radius 3 is 2.19 bits per heavy atom. The van der Waals surface area contributed by atoms with Crippen LogP contribution in [-0.2, 0) is 41.7 Å². The molecule has 2 aliphatic rings. The molecular formula is C49H58F2N8O8. The molecule has 6 atom stereocenters. The van der Waals surface area contributed by atoms with Gasteiger partial charge in [0.15, 0.2) is 0 Å². The minimum atomic E-state index is -4.58. The number of rotatable bonds is 17. The Labute approximate surface area is 388 Å². The average molecular weight is 925 g/mol. The van der Waals surface area contributed by atoms with E-state index < -0.39 is 95.5 Å². The normalized spacial score (nSPS) is 17.8. The van der Waals surface area contributed by atoms with Crippen LogP contribution in [0.2, 0.25) is 0 Å². The third kappa shape index (κ3) is 11.6. The van der Waals surface area contributed by atoms with Gasteiger partial charge in [0.2, 0.25) is 23.5 Å². The smallest absolute Gasteiger partial charge is 0.410 e. The molecule has 2 aliphatic heterocycles. The summed E-state index contributed by atoms with van der Waals surface area (Å²) in [6.45, 7) is 10.1. The summed E-state index contributed by atoms with van der Waals surface area (Å²) in [5.41, 5.74) is 2.55. The minimum Gasteiger partial charge on any atom is -0.444 e. The van der Waals surface area contributed by atoms with Gasteiger partial charge in [-0.15, -0.1) is 0 Å². The summed E-state index contributed by atoms with van der Waals surface area (Å²) in [4.78, 5) is 107. The molecule has 1 saturated heterocycles. The largest absolute Gasteiger partial charge is 0.444 e. The van der Waals surface area contributed by atoms with Gasteiger partial charge in [-0.05, 0) is 59.1 Å². The maximum atomic E-state index is 16.0. The Morgan fingerprint density at radius 1 is 0.821 bits per heavy atom. The molecule has 0 aliphatic carbocycles. The molecule has 1 fully saturated rings. The number of halogens is 2. The van der Waals surface area contributed by atoms with Crippen LogP contribution in [-0.4, -0.2) is 110 Å². The zero-order chi connectivity index (χ0) is 48.6. The molecule has 356 valence electrons. The fourth-order valence-electron chi connectivity index (χ4n) is 8.49. The van der Waals surface area contributed by atoms with E-state index in [0.29, 0.717) is 18.5 Å². The first-order valence-corrected chi connectivity index (χ1v) is 22.6. The number of carbonyl (C=O) groups is 7. The van der Waals surface area contributed by atoms with Crippen LogP contribution in [0.3, 0.4) is 0 Å². The van der Waals surface area contributed by atoms with Crippen LogP contribution < -0.4 is 21.3 Å². The number of likely N-dealkylation sites (tertiary alicyclic amines) is 1. The highest BCUT2D eigenvalue weighted by atomic mass is 19.3. The fourth-order valence-corrected chi connectivity index (χ4v) is 8.49. The van der Waals surface area contributed by atoms with Crippen molar-refractivity contribution in [3.8, 4) is 0 Å². The first kappa shape index (κ1) is 49.6. The quantitative estimate of drug-likeness (QED) is 0.104. The van der Waals surface area contributed by atoms with Gasteiger partial charge >= 0.3 is 12.0 Å². The number of carbonyl (C=O) groups excluding carboxylic acids is 7. The molecule has 0 unspecified atom stereocenters. The van der Waals surface area contributed by atoms with Crippen molar-refractivity contribution < 1.29 is 47.1 Å². The molecule has 16 nitrogen and oxygen atoms in total. The average Bonchev–Trinajstić information content (AvgIpc) is 3.75.